The van der Waals surface area contributed by atoms with Crippen LogP contribution in [0.2, 0.25) is 0 Å². The highest BCUT2D eigenvalue weighted by Gasteiger charge is 2.20. The molecule has 7 nitrogen and oxygen atoms in total. The molecule has 0 aliphatic rings. The summed E-state index contributed by atoms with van der Waals surface area (Å²) in [5.41, 5.74) is 18.5. The Morgan fingerprint density at radius 3 is 2.32 bits per heavy atom. The molecule has 1 heterocycles. The van der Waals surface area contributed by atoms with Gasteiger partial charge in [-0.2, -0.15) is 0 Å². The summed E-state index contributed by atoms with van der Waals surface area (Å²) in [6.45, 7) is 4.28. The van der Waals surface area contributed by atoms with E-state index < -0.39 is 12.0 Å². The molecule has 1 aromatic heterocycles. The number of nitrogens with two attached hydrogens (primary N) is 3. The maximum atomic E-state index is 10.9. The van der Waals surface area contributed by atoms with Gasteiger partial charge in [0, 0.05) is 12.4 Å². The van der Waals surface area contributed by atoms with Crippen LogP contribution in [0, 0.1) is 13.8 Å². The average molecular weight is 267 g/mol. The van der Waals surface area contributed by atoms with Gasteiger partial charge in [-0.05, 0) is 31.4 Å². The van der Waals surface area contributed by atoms with Gasteiger partial charge in [0.15, 0.2) is 5.96 Å². The predicted molar refractivity (Wildman–Crippen MR) is 73.8 cm³/mol. The molecule has 0 bridgehead atoms. The number of aliphatic carboxylic acids is 1. The van der Waals surface area contributed by atoms with Crippen LogP contribution in [0.1, 0.15) is 23.6 Å². The summed E-state index contributed by atoms with van der Waals surface area (Å²) in [4.78, 5) is 14.8. The van der Waals surface area contributed by atoms with Crippen molar-refractivity contribution in [1.29, 1.82) is 0 Å². The molecule has 1 rings (SSSR count). The number of carboxylic acid groups (broad SMARTS) is 1. The van der Waals surface area contributed by atoms with E-state index in [-0.39, 0.29) is 18.4 Å². The zero-order valence-corrected chi connectivity index (χ0v) is 11.2. The van der Waals surface area contributed by atoms with E-state index in [0.717, 1.165) is 11.1 Å². The van der Waals surface area contributed by atoms with E-state index in [9.17, 15) is 4.79 Å². The van der Waals surface area contributed by atoms with Crippen molar-refractivity contribution in [3.8, 4) is 0 Å². The van der Waals surface area contributed by atoms with Gasteiger partial charge in [-0.15, -0.1) is 0 Å². The summed E-state index contributed by atoms with van der Waals surface area (Å²) in [5.74, 6) is -1.05. The van der Waals surface area contributed by atoms with Crippen LogP contribution < -0.4 is 17.2 Å². The van der Waals surface area contributed by atoms with Crippen LogP contribution in [0.15, 0.2) is 17.4 Å². The van der Waals surface area contributed by atoms with Gasteiger partial charge in [-0.3, -0.25) is 9.79 Å². The Kier molecular flexibility index (Phi) is 4.94. The number of nitrogens with zero attached hydrogens (tertiary/aromatic N) is 2. The minimum absolute atomic E-state index is 0.0190. The molecule has 19 heavy (non-hydrogen) atoms. The Bertz CT molecular complexity index is 457. The van der Waals surface area contributed by atoms with Gasteiger partial charge in [-0.25, -0.2) is 0 Å². The number of hydrogen-bond donors (Lipinski definition) is 4. The smallest absolute Gasteiger partial charge is 0.320 e. The molecule has 2 unspecified atom stereocenters. The highest BCUT2D eigenvalue weighted by molar-refractivity contribution is 5.75. The molecular weight excluding hydrogens is 246 g/mol. The van der Waals surface area contributed by atoms with Gasteiger partial charge < -0.3 is 26.9 Å². The monoisotopic (exact) mass is 267 g/mol. The van der Waals surface area contributed by atoms with Crippen molar-refractivity contribution >= 4 is 11.9 Å². The lowest BCUT2D eigenvalue weighted by molar-refractivity contribution is -0.138. The van der Waals surface area contributed by atoms with E-state index in [4.69, 9.17) is 22.3 Å². The van der Waals surface area contributed by atoms with E-state index in [1.54, 1.807) is 0 Å². The van der Waals surface area contributed by atoms with Crippen LogP contribution in [0.4, 0.5) is 0 Å². The van der Waals surface area contributed by atoms with Gasteiger partial charge in [0.05, 0.1) is 12.6 Å². The van der Waals surface area contributed by atoms with E-state index in [1.807, 2.05) is 30.8 Å². The fourth-order valence-electron chi connectivity index (χ4n) is 1.79. The molecule has 0 fully saturated rings. The second kappa shape index (κ2) is 6.24. The van der Waals surface area contributed by atoms with Crippen molar-refractivity contribution in [2.75, 3.05) is 6.54 Å². The molecule has 0 aliphatic carbocycles. The van der Waals surface area contributed by atoms with Crippen molar-refractivity contribution in [2.24, 2.45) is 22.2 Å². The number of carboxylic acids is 1. The van der Waals surface area contributed by atoms with Crippen LogP contribution in [0.3, 0.4) is 0 Å². The Balaban J connectivity index is 2.91. The minimum atomic E-state index is -1.03. The van der Waals surface area contributed by atoms with Crippen molar-refractivity contribution in [2.45, 2.75) is 32.4 Å². The first kappa shape index (κ1) is 15.0. The van der Waals surface area contributed by atoms with Crippen LogP contribution in [0.5, 0.6) is 0 Å². The molecule has 0 spiro atoms. The van der Waals surface area contributed by atoms with E-state index in [2.05, 4.69) is 4.99 Å². The van der Waals surface area contributed by atoms with Gasteiger partial charge >= 0.3 is 5.97 Å². The van der Waals surface area contributed by atoms with Crippen molar-refractivity contribution in [1.82, 2.24) is 4.57 Å². The van der Waals surface area contributed by atoms with Crippen molar-refractivity contribution in [3.63, 3.8) is 0 Å². The Hall–Kier alpha value is -2.02. The number of hydrogen-bond acceptors (Lipinski definition) is 3. The third-order valence-electron chi connectivity index (χ3n) is 3.06. The van der Waals surface area contributed by atoms with E-state index in [0.29, 0.717) is 6.54 Å². The maximum Gasteiger partial charge on any atom is 0.320 e. The second-order valence-corrected chi connectivity index (χ2v) is 4.67. The van der Waals surface area contributed by atoms with Gasteiger partial charge in [0.1, 0.15) is 6.04 Å². The number of guanidine groups is 1. The van der Waals surface area contributed by atoms with Crippen LogP contribution >= 0.6 is 0 Å². The largest absolute Gasteiger partial charge is 0.480 e. The lowest BCUT2D eigenvalue weighted by Gasteiger charge is -2.19. The van der Waals surface area contributed by atoms with Crippen molar-refractivity contribution < 1.29 is 9.90 Å². The number of aromatic nitrogens is 1. The number of carbonyl (C=O) groups is 1. The van der Waals surface area contributed by atoms with E-state index in [1.165, 1.54) is 0 Å². The third kappa shape index (κ3) is 4.29. The fourth-order valence-corrected chi connectivity index (χ4v) is 1.79. The van der Waals surface area contributed by atoms with Crippen molar-refractivity contribution in [3.05, 3.63) is 23.5 Å². The molecule has 7 heteroatoms. The first-order chi connectivity index (χ1) is 8.81. The number of aryl methyl sites for hydroxylation is 2. The molecule has 0 radical (unpaired) electrons. The standard InChI is InChI=1S/C12H21N5O2/c1-7-5-17(6-8(7)2)9(4-16-12(14)15)3-10(13)11(18)19/h5-6,9-10H,3-4,13H2,1-2H3,(H,18,19)(H4,14,15,16). The maximum absolute atomic E-state index is 10.9. The van der Waals surface area contributed by atoms with Gasteiger partial charge in [-0.1, -0.05) is 0 Å². The summed E-state index contributed by atoms with van der Waals surface area (Å²) in [5, 5.41) is 8.90. The first-order valence-corrected chi connectivity index (χ1v) is 5.99. The minimum Gasteiger partial charge on any atom is -0.480 e. The van der Waals surface area contributed by atoms with Gasteiger partial charge in [0.25, 0.3) is 0 Å². The molecule has 7 N–H and O–H groups in total. The Morgan fingerprint density at radius 2 is 1.89 bits per heavy atom. The summed E-state index contributed by atoms with van der Waals surface area (Å²) in [7, 11) is 0. The molecule has 0 aromatic carbocycles. The first-order valence-electron chi connectivity index (χ1n) is 5.99. The normalized spacial score (nSPS) is 13.8. The molecule has 2 atom stereocenters. The second-order valence-electron chi connectivity index (χ2n) is 4.67. The Morgan fingerprint density at radius 1 is 1.37 bits per heavy atom. The summed E-state index contributed by atoms with van der Waals surface area (Å²) >= 11 is 0. The quantitative estimate of drug-likeness (QED) is 0.415. The zero-order valence-electron chi connectivity index (χ0n) is 11.2. The molecule has 0 aliphatic heterocycles. The molecule has 1 aromatic rings. The third-order valence-corrected chi connectivity index (χ3v) is 3.06. The molecule has 0 amide bonds. The topological polar surface area (TPSA) is 133 Å². The van der Waals surface area contributed by atoms with Crippen LogP contribution in [-0.2, 0) is 4.79 Å². The average Bonchev–Trinajstić information content (AvgIpc) is 2.64. The lowest BCUT2D eigenvalue weighted by Crippen LogP contribution is -2.34. The summed E-state index contributed by atoms with van der Waals surface area (Å²) in [6, 6.07) is -1.12. The Labute approximate surface area is 112 Å². The summed E-state index contributed by atoms with van der Waals surface area (Å²) in [6.07, 6.45) is 4.15. The van der Waals surface area contributed by atoms with E-state index >= 15 is 0 Å². The highest BCUT2D eigenvalue weighted by atomic mass is 16.4. The SMILES string of the molecule is Cc1cn(C(CN=C(N)N)CC(N)C(=O)O)cc1C. The molecular formula is C12H21N5O2. The van der Waals surface area contributed by atoms with Crippen LogP contribution in [0.25, 0.3) is 0 Å². The number of rotatable bonds is 6. The predicted octanol–water partition coefficient (Wildman–Crippen LogP) is -0.279. The molecule has 0 saturated heterocycles. The fraction of sp³-hybridized carbons (Fsp3) is 0.500. The lowest BCUT2D eigenvalue weighted by atomic mass is 10.1. The zero-order chi connectivity index (χ0) is 14.6. The van der Waals surface area contributed by atoms with Crippen LogP contribution in [-0.4, -0.2) is 34.2 Å². The highest BCUT2D eigenvalue weighted by Crippen LogP contribution is 2.18. The van der Waals surface area contributed by atoms with Gasteiger partial charge in [0.2, 0.25) is 0 Å². The molecule has 106 valence electrons. The number of aliphatic imine (C=N–C) groups is 1. The molecule has 0 saturated carbocycles. The summed E-state index contributed by atoms with van der Waals surface area (Å²) < 4.78 is 1.92.